The predicted octanol–water partition coefficient (Wildman–Crippen LogP) is -2.16. The van der Waals surface area contributed by atoms with E-state index < -0.39 is 13.2 Å². The number of hydrogen-bond acceptors (Lipinski definition) is 3. The first kappa shape index (κ1) is 13.3. The van der Waals surface area contributed by atoms with Gasteiger partial charge in [0.15, 0.2) is 3.12 Å². The molecule has 0 spiro atoms. The second-order valence-corrected chi connectivity index (χ2v) is 6.53. The van der Waals surface area contributed by atoms with Crippen LogP contribution in [0.1, 0.15) is 6.92 Å². The van der Waals surface area contributed by atoms with Crippen molar-refractivity contribution in [3.8, 4) is 0 Å². The molecule has 0 aliphatic carbocycles. The molecule has 0 N–H and O–H groups in total. The Labute approximate surface area is 89.3 Å². The number of alkyl halides is 2. The number of hydrogen-bond donors (Lipinski definition) is 0. The molecule has 0 saturated carbocycles. The first-order chi connectivity index (χ1) is 3.25. The average Bonchev–Trinajstić information content (AvgIpc) is 1.25. The summed E-state index contributed by atoms with van der Waals surface area (Å²) in [6.07, 6.45) is 0. The van der Waals surface area contributed by atoms with Gasteiger partial charge in [0, 0.05) is 0 Å². The Balaban J connectivity index is 0. The van der Waals surface area contributed by atoms with Crippen LogP contribution in [0.2, 0.25) is 0 Å². The van der Waals surface area contributed by atoms with Crippen LogP contribution in [0.5, 0.6) is 0 Å². The molecule has 1 atom stereocenters. The number of rotatable bonds is 1. The quantitative estimate of drug-likeness (QED) is 0.300. The van der Waals surface area contributed by atoms with E-state index in [1.54, 1.807) is 0 Å². The fourth-order valence-electron chi connectivity index (χ4n) is 0. The van der Waals surface area contributed by atoms with Gasteiger partial charge in [0.2, 0.25) is 0 Å². The zero-order chi connectivity index (χ0) is 7.00. The van der Waals surface area contributed by atoms with Crippen molar-refractivity contribution in [2.24, 2.45) is 0 Å². The van der Waals surface area contributed by atoms with Crippen molar-refractivity contribution in [2.75, 3.05) is 0 Å². The Bertz CT molecular complexity index is 171. The summed E-state index contributed by atoms with van der Waals surface area (Å²) in [6, 6.07) is 0. The van der Waals surface area contributed by atoms with E-state index in [2.05, 4.69) is 15.9 Å². The molecule has 0 fully saturated rings. The molecule has 0 aromatic rings. The van der Waals surface area contributed by atoms with Crippen molar-refractivity contribution in [2.45, 2.75) is 10.0 Å². The number of halogens is 2. The first-order valence-corrected chi connectivity index (χ1v) is 4.16. The van der Waals surface area contributed by atoms with Gasteiger partial charge in [-0.2, -0.15) is 0 Å². The molecule has 9 heavy (non-hydrogen) atoms. The topological polar surface area (TPSA) is 57.2 Å². The van der Waals surface area contributed by atoms with Gasteiger partial charge < -0.3 is 4.55 Å². The van der Waals surface area contributed by atoms with E-state index in [0.717, 1.165) is 6.92 Å². The van der Waals surface area contributed by atoms with Gasteiger partial charge in [-0.05, 0) is 6.92 Å². The molecule has 0 heterocycles. The van der Waals surface area contributed by atoms with E-state index in [4.69, 9.17) is 11.6 Å². The van der Waals surface area contributed by atoms with Gasteiger partial charge in [-0.25, -0.2) is 8.42 Å². The van der Waals surface area contributed by atoms with Crippen molar-refractivity contribution in [1.29, 1.82) is 0 Å². The summed E-state index contributed by atoms with van der Waals surface area (Å²) in [5.41, 5.74) is 0. The van der Waals surface area contributed by atoms with Crippen LogP contribution in [-0.4, -0.2) is 16.1 Å². The third-order valence-electron chi connectivity index (χ3n) is 0.439. The van der Waals surface area contributed by atoms with E-state index in [-0.39, 0.29) is 29.6 Å². The van der Waals surface area contributed by atoms with Crippen LogP contribution < -0.4 is 29.6 Å². The van der Waals surface area contributed by atoms with E-state index >= 15 is 0 Å². The summed E-state index contributed by atoms with van der Waals surface area (Å²) in [5.74, 6) is 0. The monoisotopic (exact) mass is 244 g/mol. The Hall–Kier alpha value is 1.68. The summed E-state index contributed by atoms with van der Waals surface area (Å²) < 4.78 is 27.9. The van der Waals surface area contributed by atoms with Gasteiger partial charge in [0.1, 0.15) is 10.1 Å². The SMILES string of the molecule is CC(Cl)(Br)S(=O)(=O)[O-].[Na+]. The molecule has 0 amide bonds. The summed E-state index contributed by atoms with van der Waals surface area (Å²) >= 11 is 7.49. The van der Waals surface area contributed by atoms with Crippen LogP contribution in [0.25, 0.3) is 0 Å². The molecular weight excluding hydrogens is 242 g/mol. The molecule has 0 bridgehead atoms. The largest absolute Gasteiger partial charge is 1.00 e. The maximum absolute atomic E-state index is 9.92. The minimum atomic E-state index is -4.41. The van der Waals surface area contributed by atoms with Gasteiger partial charge in [0.25, 0.3) is 0 Å². The normalized spacial score (nSPS) is 17.8. The van der Waals surface area contributed by atoms with Gasteiger partial charge >= 0.3 is 29.6 Å². The third kappa shape index (κ3) is 5.01. The van der Waals surface area contributed by atoms with Crippen molar-refractivity contribution in [3.05, 3.63) is 0 Å². The van der Waals surface area contributed by atoms with E-state index in [1.165, 1.54) is 0 Å². The van der Waals surface area contributed by atoms with E-state index in [1.807, 2.05) is 0 Å². The molecule has 1 unspecified atom stereocenters. The second-order valence-electron chi connectivity index (χ2n) is 1.26. The Morgan fingerprint density at radius 1 is 1.67 bits per heavy atom. The third-order valence-corrected chi connectivity index (χ3v) is 3.07. The Morgan fingerprint density at radius 3 is 1.78 bits per heavy atom. The van der Waals surface area contributed by atoms with Crippen LogP contribution in [0.3, 0.4) is 0 Å². The zero-order valence-electron chi connectivity index (χ0n) is 4.89. The van der Waals surface area contributed by atoms with Crippen LogP contribution in [0.4, 0.5) is 0 Å². The average molecular weight is 245 g/mol. The van der Waals surface area contributed by atoms with E-state index in [9.17, 15) is 13.0 Å². The van der Waals surface area contributed by atoms with Crippen LogP contribution in [-0.2, 0) is 10.1 Å². The van der Waals surface area contributed by atoms with Gasteiger partial charge in [-0.15, -0.1) is 0 Å². The fourth-order valence-corrected chi connectivity index (χ4v) is 0. The molecule has 3 nitrogen and oxygen atoms in total. The van der Waals surface area contributed by atoms with Crippen molar-refractivity contribution in [1.82, 2.24) is 0 Å². The van der Waals surface area contributed by atoms with Crippen LogP contribution >= 0.6 is 27.5 Å². The van der Waals surface area contributed by atoms with Gasteiger partial charge in [-0.1, -0.05) is 27.5 Å². The van der Waals surface area contributed by atoms with Crippen molar-refractivity contribution >= 4 is 37.6 Å². The summed E-state index contributed by atoms with van der Waals surface area (Å²) in [7, 11) is -4.41. The Morgan fingerprint density at radius 2 is 1.78 bits per heavy atom. The summed E-state index contributed by atoms with van der Waals surface area (Å²) in [4.78, 5) is 0. The summed E-state index contributed by atoms with van der Waals surface area (Å²) in [6.45, 7) is 1.05. The molecular formula is C2H3BrClNaO3S. The maximum atomic E-state index is 9.92. The summed E-state index contributed by atoms with van der Waals surface area (Å²) in [5, 5.41) is 0. The predicted molar refractivity (Wildman–Crippen MR) is 32.9 cm³/mol. The molecule has 0 aliphatic heterocycles. The first-order valence-electron chi connectivity index (χ1n) is 1.58. The molecule has 0 aliphatic rings. The molecule has 50 valence electrons. The minimum absolute atomic E-state index is 0. The molecule has 0 radical (unpaired) electrons. The van der Waals surface area contributed by atoms with Crippen molar-refractivity contribution in [3.63, 3.8) is 0 Å². The van der Waals surface area contributed by atoms with E-state index in [0.29, 0.717) is 0 Å². The fraction of sp³-hybridized carbons (Fsp3) is 1.00. The maximum Gasteiger partial charge on any atom is 1.00 e. The molecule has 0 aromatic carbocycles. The zero-order valence-corrected chi connectivity index (χ0v) is 10.0. The molecule has 0 saturated heterocycles. The second kappa shape index (κ2) is 3.90. The van der Waals surface area contributed by atoms with Crippen molar-refractivity contribution < 1.29 is 42.5 Å². The van der Waals surface area contributed by atoms with Gasteiger partial charge in [0.05, 0.1) is 0 Å². The van der Waals surface area contributed by atoms with Gasteiger partial charge in [-0.3, -0.25) is 0 Å². The molecule has 7 heteroatoms. The van der Waals surface area contributed by atoms with Crippen LogP contribution in [0.15, 0.2) is 0 Å². The molecule has 0 rings (SSSR count). The molecule has 0 aromatic heterocycles. The minimum Gasteiger partial charge on any atom is -0.746 e. The Kier molecular flexibility index (Phi) is 5.75. The standard InChI is InChI=1S/C2H4BrClO3S.Na/c1-2(3,4)8(5,6)7;/h1H3,(H,5,6,7);/q;+1/p-1. The van der Waals surface area contributed by atoms with Crippen LogP contribution in [0, 0.1) is 0 Å². The smallest absolute Gasteiger partial charge is 0.746 e.